The lowest BCUT2D eigenvalue weighted by atomic mass is 10.2. The molecular weight excluding hydrogens is 272 g/mol. The fraction of sp³-hybridized carbons (Fsp3) is 0.200. The van der Waals surface area contributed by atoms with Crippen LogP contribution in [-0.2, 0) is 11.4 Å². The molecular formula is C15H16N2O4. The van der Waals surface area contributed by atoms with Crippen LogP contribution < -0.4 is 10.6 Å². The molecule has 0 aliphatic rings. The molecule has 0 saturated carbocycles. The fourth-order valence-electron chi connectivity index (χ4n) is 1.70. The average molecular weight is 288 g/mol. The molecule has 6 heteroatoms. The summed E-state index contributed by atoms with van der Waals surface area (Å²) in [6.07, 6.45) is 1.58. The van der Waals surface area contributed by atoms with Crippen molar-refractivity contribution in [2.24, 2.45) is 0 Å². The van der Waals surface area contributed by atoms with Gasteiger partial charge in [0.25, 0.3) is 5.91 Å². The zero-order valence-corrected chi connectivity index (χ0v) is 11.3. The molecule has 0 aliphatic carbocycles. The highest BCUT2D eigenvalue weighted by atomic mass is 16.3. The van der Waals surface area contributed by atoms with Gasteiger partial charge in [-0.2, -0.15) is 0 Å². The van der Waals surface area contributed by atoms with Gasteiger partial charge < -0.3 is 20.2 Å². The lowest BCUT2D eigenvalue weighted by molar-refractivity contribution is -0.116. The highest BCUT2D eigenvalue weighted by molar-refractivity contribution is 5.93. The smallest absolute Gasteiger partial charge is 0.286 e. The monoisotopic (exact) mass is 288 g/mol. The van der Waals surface area contributed by atoms with Crippen molar-refractivity contribution in [3.63, 3.8) is 0 Å². The Labute approximate surface area is 121 Å². The van der Waals surface area contributed by atoms with Crippen LogP contribution in [-0.4, -0.2) is 23.5 Å². The van der Waals surface area contributed by atoms with Crippen LogP contribution in [0.1, 0.15) is 22.5 Å². The number of aliphatic hydroxyl groups excluding tert-OH is 1. The van der Waals surface area contributed by atoms with E-state index in [1.807, 2.05) is 0 Å². The Morgan fingerprint density at radius 3 is 2.52 bits per heavy atom. The number of anilines is 1. The van der Waals surface area contributed by atoms with Crippen LogP contribution in [0.5, 0.6) is 0 Å². The standard InChI is InChI=1S/C15H16N2O4/c18-10-11-3-5-12(6-4-11)17-14(19)7-8-16-15(20)13-2-1-9-21-13/h1-6,9,18H,7-8,10H2,(H,16,20)(H,17,19). The highest BCUT2D eigenvalue weighted by Gasteiger charge is 2.08. The lowest BCUT2D eigenvalue weighted by Crippen LogP contribution is -2.27. The van der Waals surface area contributed by atoms with Gasteiger partial charge in [-0.15, -0.1) is 0 Å². The van der Waals surface area contributed by atoms with Gasteiger partial charge in [-0.1, -0.05) is 12.1 Å². The Kier molecular flexibility index (Phi) is 5.11. The van der Waals surface area contributed by atoms with Crippen molar-refractivity contribution in [2.75, 3.05) is 11.9 Å². The summed E-state index contributed by atoms with van der Waals surface area (Å²) in [5, 5.41) is 14.2. The van der Waals surface area contributed by atoms with E-state index in [1.54, 1.807) is 36.4 Å². The Morgan fingerprint density at radius 2 is 1.90 bits per heavy atom. The molecule has 0 aliphatic heterocycles. The Hall–Kier alpha value is -2.60. The van der Waals surface area contributed by atoms with E-state index in [-0.39, 0.29) is 37.1 Å². The first kappa shape index (κ1) is 14.8. The normalized spacial score (nSPS) is 10.1. The Balaban J connectivity index is 1.73. The molecule has 1 heterocycles. The van der Waals surface area contributed by atoms with E-state index in [1.165, 1.54) is 6.26 Å². The summed E-state index contributed by atoms with van der Waals surface area (Å²) in [6.45, 7) is 0.188. The summed E-state index contributed by atoms with van der Waals surface area (Å²) >= 11 is 0. The largest absolute Gasteiger partial charge is 0.459 e. The first-order chi connectivity index (χ1) is 10.2. The van der Waals surface area contributed by atoms with Gasteiger partial charge in [0, 0.05) is 18.7 Å². The number of amides is 2. The zero-order chi connectivity index (χ0) is 15.1. The molecule has 110 valence electrons. The summed E-state index contributed by atoms with van der Waals surface area (Å²) in [4.78, 5) is 23.3. The number of nitrogens with one attached hydrogen (secondary N) is 2. The van der Waals surface area contributed by atoms with Crippen LogP contribution in [0.25, 0.3) is 0 Å². The molecule has 2 aromatic rings. The number of benzene rings is 1. The van der Waals surface area contributed by atoms with Crippen LogP contribution in [0, 0.1) is 0 Å². The maximum absolute atomic E-state index is 11.7. The second kappa shape index (κ2) is 7.25. The van der Waals surface area contributed by atoms with Gasteiger partial charge >= 0.3 is 0 Å². The molecule has 21 heavy (non-hydrogen) atoms. The van der Waals surface area contributed by atoms with E-state index in [0.29, 0.717) is 5.69 Å². The minimum Gasteiger partial charge on any atom is -0.459 e. The molecule has 2 rings (SSSR count). The average Bonchev–Trinajstić information content (AvgIpc) is 3.02. The van der Waals surface area contributed by atoms with Crippen LogP contribution in [0.15, 0.2) is 47.1 Å². The first-order valence-corrected chi connectivity index (χ1v) is 6.50. The van der Waals surface area contributed by atoms with Crippen LogP contribution >= 0.6 is 0 Å². The number of hydrogen-bond donors (Lipinski definition) is 3. The summed E-state index contributed by atoms with van der Waals surface area (Å²) < 4.78 is 4.94. The minimum absolute atomic E-state index is 0.0347. The fourth-order valence-corrected chi connectivity index (χ4v) is 1.70. The van der Waals surface area contributed by atoms with Gasteiger partial charge in [0.05, 0.1) is 12.9 Å². The van der Waals surface area contributed by atoms with Crippen molar-refractivity contribution in [3.8, 4) is 0 Å². The van der Waals surface area contributed by atoms with Gasteiger partial charge in [0.1, 0.15) is 0 Å². The van der Waals surface area contributed by atoms with Crippen LogP contribution in [0.3, 0.4) is 0 Å². The molecule has 1 aromatic heterocycles. The maximum Gasteiger partial charge on any atom is 0.286 e. The van der Waals surface area contributed by atoms with Gasteiger partial charge in [0.15, 0.2) is 5.76 Å². The number of carbonyl (C=O) groups excluding carboxylic acids is 2. The lowest BCUT2D eigenvalue weighted by Gasteiger charge is -2.06. The van der Waals surface area contributed by atoms with Gasteiger partial charge in [0.2, 0.25) is 5.91 Å². The molecule has 1 aromatic carbocycles. The topological polar surface area (TPSA) is 91.6 Å². The first-order valence-electron chi connectivity index (χ1n) is 6.50. The second-order valence-corrected chi connectivity index (χ2v) is 4.39. The number of rotatable bonds is 6. The van der Waals surface area contributed by atoms with E-state index in [0.717, 1.165) is 5.56 Å². The number of aliphatic hydroxyl groups is 1. The van der Waals surface area contributed by atoms with Gasteiger partial charge in [-0.3, -0.25) is 9.59 Å². The van der Waals surface area contributed by atoms with E-state index >= 15 is 0 Å². The van der Waals surface area contributed by atoms with Crippen molar-refractivity contribution in [1.29, 1.82) is 0 Å². The number of furan rings is 1. The van der Waals surface area contributed by atoms with Crippen molar-refractivity contribution in [3.05, 3.63) is 54.0 Å². The Morgan fingerprint density at radius 1 is 1.14 bits per heavy atom. The second-order valence-electron chi connectivity index (χ2n) is 4.39. The van der Waals surface area contributed by atoms with E-state index in [2.05, 4.69) is 10.6 Å². The molecule has 0 spiro atoms. The molecule has 0 saturated heterocycles. The van der Waals surface area contributed by atoms with Gasteiger partial charge in [-0.25, -0.2) is 0 Å². The highest BCUT2D eigenvalue weighted by Crippen LogP contribution is 2.09. The van der Waals surface area contributed by atoms with Crippen LogP contribution in [0.4, 0.5) is 5.69 Å². The van der Waals surface area contributed by atoms with Crippen LogP contribution in [0.2, 0.25) is 0 Å². The van der Waals surface area contributed by atoms with Gasteiger partial charge in [-0.05, 0) is 29.8 Å². The quantitative estimate of drug-likeness (QED) is 0.751. The Bertz CT molecular complexity index is 591. The molecule has 0 radical (unpaired) electrons. The van der Waals surface area contributed by atoms with Crippen molar-refractivity contribution in [2.45, 2.75) is 13.0 Å². The molecule has 0 bridgehead atoms. The summed E-state index contributed by atoms with van der Waals surface area (Å²) in [7, 11) is 0. The third-order valence-corrected chi connectivity index (χ3v) is 2.80. The van der Waals surface area contributed by atoms with Crippen molar-refractivity contribution < 1.29 is 19.1 Å². The molecule has 6 nitrogen and oxygen atoms in total. The minimum atomic E-state index is -0.347. The third kappa shape index (κ3) is 4.47. The van der Waals surface area contributed by atoms with Crippen molar-refractivity contribution in [1.82, 2.24) is 5.32 Å². The van der Waals surface area contributed by atoms with E-state index < -0.39 is 0 Å². The third-order valence-electron chi connectivity index (χ3n) is 2.80. The molecule has 0 fully saturated rings. The van der Waals surface area contributed by atoms with E-state index in [9.17, 15) is 9.59 Å². The number of hydrogen-bond acceptors (Lipinski definition) is 4. The summed E-state index contributed by atoms with van der Waals surface area (Å²) in [6, 6.07) is 10.1. The predicted octanol–water partition coefficient (Wildman–Crippen LogP) is 1.53. The molecule has 2 amide bonds. The van der Waals surface area contributed by atoms with Crippen molar-refractivity contribution >= 4 is 17.5 Å². The van der Waals surface area contributed by atoms with E-state index in [4.69, 9.17) is 9.52 Å². The molecule has 3 N–H and O–H groups in total. The zero-order valence-electron chi connectivity index (χ0n) is 11.3. The maximum atomic E-state index is 11.7. The predicted molar refractivity (Wildman–Crippen MR) is 76.7 cm³/mol. The summed E-state index contributed by atoms with van der Waals surface area (Å²) in [5.41, 5.74) is 1.42. The SMILES string of the molecule is O=C(CCNC(=O)c1ccco1)Nc1ccc(CO)cc1. The number of carbonyl (C=O) groups is 2. The molecule has 0 atom stereocenters. The molecule has 0 unspecified atom stereocenters. The summed E-state index contributed by atoms with van der Waals surface area (Å²) in [5.74, 6) is -0.332.